The number of piperidine rings is 1. The van der Waals surface area contributed by atoms with Crippen LogP contribution in [0.1, 0.15) is 55.5 Å². The van der Waals surface area contributed by atoms with Crippen molar-refractivity contribution in [3.8, 4) is 0 Å². The highest BCUT2D eigenvalue weighted by Gasteiger charge is 2.29. The number of rotatable bonds is 7. The topological polar surface area (TPSA) is 104 Å². The predicted molar refractivity (Wildman–Crippen MR) is 102 cm³/mol. The van der Waals surface area contributed by atoms with Gasteiger partial charge in [-0.1, -0.05) is 32.8 Å². The average molecular weight is 397 g/mol. The molecule has 1 aliphatic rings. The van der Waals surface area contributed by atoms with E-state index in [9.17, 15) is 23.1 Å². The lowest BCUT2D eigenvalue weighted by molar-refractivity contribution is -0.140. The Balaban J connectivity index is 2.31. The molecule has 1 aliphatic heterocycles. The van der Waals surface area contributed by atoms with E-state index in [0.717, 1.165) is 19.3 Å². The Morgan fingerprint density at radius 3 is 2.41 bits per heavy atom. The molecule has 0 unspecified atom stereocenters. The monoisotopic (exact) mass is 396 g/mol. The largest absolute Gasteiger partial charge is 0.480 e. The minimum absolute atomic E-state index is 0.0653. The zero-order chi connectivity index (χ0) is 20.2. The minimum atomic E-state index is -3.66. The van der Waals surface area contributed by atoms with Gasteiger partial charge in [-0.2, -0.15) is 4.31 Å². The molecule has 2 rings (SSSR count). The van der Waals surface area contributed by atoms with Crippen molar-refractivity contribution >= 4 is 21.9 Å². The summed E-state index contributed by atoms with van der Waals surface area (Å²) in [6.07, 6.45) is 3.26. The molecule has 1 heterocycles. The number of benzene rings is 1. The van der Waals surface area contributed by atoms with Gasteiger partial charge in [-0.25, -0.2) is 13.2 Å². The molecule has 0 bridgehead atoms. The van der Waals surface area contributed by atoms with Crippen LogP contribution in [0.15, 0.2) is 23.1 Å². The van der Waals surface area contributed by atoms with Gasteiger partial charge >= 0.3 is 5.97 Å². The Morgan fingerprint density at radius 2 is 1.85 bits per heavy atom. The summed E-state index contributed by atoms with van der Waals surface area (Å²) in [5.41, 5.74) is 0.779. The van der Waals surface area contributed by atoms with Gasteiger partial charge in [-0.05, 0) is 43.4 Å². The molecule has 1 saturated heterocycles. The van der Waals surface area contributed by atoms with Crippen LogP contribution < -0.4 is 5.32 Å². The van der Waals surface area contributed by atoms with E-state index in [1.165, 1.54) is 16.4 Å². The lowest BCUT2D eigenvalue weighted by Gasteiger charge is -2.26. The average Bonchev–Trinajstić information content (AvgIpc) is 2.65. The standard InChI is InChI=1S/C19H28N2O5S/c1-4-13(2)17(19(23)24)20-18(22)16-12-15(9-8-14(16)3)27(25,26)21-10-6-5-7-11-21/h8-9,12-13,17H,4-7,10-11H2,1-3H3,(H,20,22)(H,23,24)/t13-,17-/m0/s1. The second-order valence-corrected chi connectivity index (χ2v) is 9.05. The smallest absolute Gasteiger partial charge is 0.326 e. The van der Waals surface area contributed by atoms with E-state index in [4.69, 9.17) is 0 Å². The molecule has 27 heavy (non-hydrogen) atoms. The summed E-state index contributed by atoms with van der Waals surface area (Å²) in [7, 11) is -3.66. The number of sulfonamides is 1. The van der Waals surface area contributed by atoms with Gasteiger partial charge in [-0.15, -0.1) is 0 Å². The molecule has 0 radical (unpaired) electrons. The quantitative estimate of drug-likeness (QED) is 0.736. The van der Waals surface area contributed by atoms with E-state index in [-0.39, 0.29) is 16.4 Å². The van der Waals surface area contributed by atoms with Crippen molar-refractivity contribution < 1.29 is 23.1 Å². The third kappa shape index (κ3) is 4.87. The van der Waals surface area contributed by atoms with Crippen LogP contribution in [-0.4, -0.2) is 48.8 Å². The molecular weight excluding hydrogens is 368 g/mol. The van der Waals surface area contributed by atoms with Crippen molar-refractivity contribution in [2.45, 2.75) is 57.4 Å². The van der Waals surface area contributed by atoms with Crippen LogP contribution in [0.2, 0.25) is 0 Å². The molecule has 0 spiro atoms. The summed E-state index contributed by atoms with van der Waals surface area (Å²) in [5, 5.41) is 11.9. The molecule has 0 saturated carbocycles. The van der Waals surface area contributed by atoms with Crippen LogP contribution in [0.5, 0.6) is 0 Å². The molecule has 1 fully saturated rings. The maximum atomic E-state index is 12.9. The van der Waals surface area contributed by atoms with Gasteiger partial charge in [-0.3, -0.25) is 4.79 Å². The molecule has 1 aromatic rings. The molecule has 7 nitrogen and oxygen atoms in total. The van der Waals surface area contributed by atoms with Crippen molar-refractivity contribution in [3.05, 3.63) is 29.3 Å². The molecule has 0 aromatic heterocycles. The van der Waals surface area contributed by atoms with Crippen molar-refractivity contribution in [1.82, 2.24) is 9.62 Å². The SMILES string of the molecule is CC[C@H](C)[C@H](NC(=O)c1cc(S(=O)(=O)N2CCCCC2)ccc1C)C(=O)O. The van der Waals surface area contributed by atoms with Gasteiger partial charge < -0.3 is 10.4 Å². The number of carbonyl (C=O) groups excluding carboxylic acids is 1. The number of carboxylic acids is 1. The Labute approximate surface area is 160 Å². The van der Waals surface area contributed by atoms with E-state index in [1.54, 1.807) is 19.9 Å². The fourth-order valence-corrected chi connectivity index (χ4v) is 4.71. The summed E-state index contributed by atoms with van der Waals surface area (Å²) in [6.45, 7) is 6.26. The van der Waals surface area contributed by atoms with Gasteiger partial charge in [0.1, 0.15) is 6.04 Å². The van der Waals surface area contributed by atoms with Crippen LogP contribution in [0, 0.1) is 12.8 Å². The van der Waals surface area contributed by atoms with Crippen LogP contribution in [0.4, 0.5) is 0 Å². The van der Waals surface area contributed by atoms with Gasteiger partial charge in [0.25, 0.3) is 5.91 Å². The first-order valence-corrected chi connectivity index (χ1v) is 10.8. The molecule has 0 aliphatic carbocycles. The maximum absolute atomic E-state index is 12.9. The zero-order valence-electron chi connectivity index (χ0n) is 16.1. The molecule has 2 N–H and O–H groups in total. The Morgan fingerprint density at radius 1 is 1.22 bits per heavy atom. The summed E-state index contributed by atoms with van der Waals surface area (Å²) >= 11 is 0. The van der Waals surface area contributed by atoms with E-state index >= 15 is 0 Å². The van der Waals surface area contributed by atoms with Crippen LogP contribution in [0.3, 0.4) is 0 Å². The summed E-state index contributed by atoms with van der Waals surface area (Å²) < 4.78 is 27.2. The van der Waals surface area contributed by atoms with Crippen molar-refractivity contribution in [2.75, 3.05) is 13.1 Å². The van der Waals surface area contributed by atoms with Gasteiger partial charge in [0.2, 0.25) is 10.0 Å². The fraction of sp³-hybridized carbons (Fsp3) is 0.579. The molecule has 8 heteroatoms. The number of hydrogen-bond donors (Lipinski definition) is 2. The van der Waals surface area contributed by atoms with Crippen molar-refractivity contribution in [3.63, 3.8) is 0 Å². The number of aliphatic carboxylic acids is 1. The van der Waals surface area contributed by atoms with Gasteiger partial charge in [0.15, 0.2) is 0 Å². The van der Waals surface area contributed by atoms with Crippen molar-refractivity contribution in [2.24, 2.45) is 5.92 Å². The minimum Gasteiger partial charge on any atom is -0.480 e. The number of aryl methyl sites for hydroxylation is 1. The van der Waals surface area contributed by atoms with E-state index < -0.39 is 27.9 Å². The lowest BCUT2D eigenvalue weighted by atomic mass is 9.98. The third-order valence-corrected chi connectivity index (χ3v) is 7.07. The van der Waals surface area contributed by atoms with Gasteiger partial charge in [0.05, 0.1) is 4.90 Å². The van der Waals surface area contributed by atoms with E-state index in [0.29, 0.717) is 25.1 Å². The first kappa shape index (κ1) is 21.4. The third-order valence-electron chi connectivity index (χ3n) is 5.17. The number of hydrogen-bond acceptors (Lipinski definition) is 4. The molecule has 1 aromatic carbocycles. The highest BCUT2D eigenvalue weighted by atomic mass is 32.2. The normalized spacial score (nSPS) is 17.9. The Hall–Kier alpha value is -1.93. The highest BCUT2D eigenvalue weighted by molar-refractivity contribution is 7.89. The molecule has 1 amide bonds. The van der Waals surface area contributed by atoms with Crippen molar-refractivity contribution in [1.29, 1.82) is 0 Å². The van der Waals surface area contributed by atoms with Crippen LogP contribution >= 0.6 is 0 Å². The maximum Gasteiger partial charge on any atom is 0.326 e. The Kier molecular flexibility index (Phi) is 7.00. The number of amides is 1. The Bertz CT molecular complexity index is 800. The molecule has 2 atom stereocenters. The number of nitrogens with zero attached hydrogens (tertiary/aromatic N) is 1. The summed E-state index contributed by atoms with van der Waals surface area (Å²) in [4.78, 5) is 24.2. The van der Waals surface area contributed by atoms with Gasteiger partial charge in [0, 0.05) is 18.7 Å². The summed E-state index contributed by atoms with van der Waals surface area (Å²) in [5.74, 6) is -1.92. The predicted octanol–water partition coefficient (Wildman–Crippen LogP) is 2.40. The van der Waals surface area contributed by atoms with Crippen LogP contribution in [0.25, 0.3) is 0 Å². The van der Waals surface area contributed by atoms with E-state index in [1.807, 2.05) is 6.92 Å². The van der Waals surface area contributed by atoms with Crippen LogP contribution in [-0.2, 0) is 14.8 Å². The fourth-order valence-electron chi connectivity index (χ4n) is 3.16. The first-order valence-electron chi connectivity index (χ1n) is 9.33. The number of carboxylic acid groups (broad SMARTS) is 1. The highest BCUT2D eigenvalue weighted by Crippen LogP contribution is 2.23. The zero-order valence-corrected chi connectivity index (χ0v) is 16.9. The summed E-state index contributed by atoms with van der Waals surface area (Å²) in [6, 6.07) is 3.41. The second-order valence-electron chi connectivity index (χ2n) is 7.12. The molecule has 150 valence electrons. The molecular formula is C19H28N2O5S. The lowest BCUT2D eigenvalue weighted by Crippen LogP contribution is -2.45. The second kappa shape index (κ2) is 8.84. The number of carbonyl (C=O) groups is 2. The van der Waals surface area contributed by atoms with E-state index in [2.05, 4.69) is 5.32 Å². The number of nitrogens with one attached hydrogen (secondary N) is 1. The first-order chi connectivity index (χ1) is 12.7.